The van der Waals surface area contributed by atoms with Gasteiger partial charge in [-0.1, -0.05) is 41.9 Å². The Kier molecular flexibility index (Phi) is 4.31. The van der Waals surface area contributed by atoms with Crippen LogP contribution in [0.25, 0.3) is 11.0 Å². The Balaban J connectivity index is 1.82. The van der Waals surface area contributed by atoms with Crippen molar-refractivity contribution in [1.29, 1.82) is 0 Å². The Morgan fingerprint density at radius 1 is 0.846 bits per heavy atom. The number of hydrogen-bond donors (Lipinski definition) is 2. The number of fused-ring (bicyclic) bond motifs is 1. The molecule has 0 saturated carbocycles. The fraction of sp³-hybridized carbons (Fsp3) is 0.0909. The first-order valence-corrected chi connectivity index (χ1v) is 8.86. The zero-order chi connectivity index (χ0) is 18.1. The van der Waals surface area contributed by atoms with Gasteiger partial charge in [0.05, 0.1) is 0 Å². The number of para-hydroxylation sites is 1. The highest BCUT2D eigenvalue weighted by Crippen LogP contribution is 2.40. The number of furan rings is 1. The molecule has 2 N–H and O–H groups in total. The van der Waals surface area contributed by atoms with Crippen LogP contribution in [0.5, 0.6) is 0 Å². The monoisotopic (exact) mass is 362 g/mol. The van der Waals surface area contributed by atoms with Crippen molar-refractivity contribution in [3.63, 3.8) is 0 Å². The van der Waals surface area contributed by atoms with Crippen LogP contribution in [0, 0.1) is 13.8 Å². The summed E-state index contributed by atoms with van der Waals surface area (Å²) in [6.07, 6.45) is 0. The molecule has 1 aromatic heterocycles. The van der Waals surface area contributed by atoms with E-state index in [2.05, 4.69) is 42.7 Å². The van der Waals surface area contributed by atoms with Gasteiger partial charge in [0, 0.05) is 27.8 Å². The van der Waals surface area contributed by atoms with E-state index in [9.17, 15) is 0 Å². The Hall–Kier alpha value is -2.91. The Morgan fingerprint density at radius 2 is 1.65 bits per heavy atom. The molecule has 0 saturated heterocycles. The van der Waals surface area contributed by atoms with E-state index in [-0.39, 0.29) is 0 Å². The second kappa shape index (κ2) is 6.77. The lowest BCUT2D eigenvalue weighted by Crippen LogP contribution is -1.97. The minimum Gasteiger partial charge on any atom is -0.438 e. The number of benzene rings is 3. The molecule has 1 heterocycles. The average Bonchev–Trinajstić information content (AvgIpc) is 2.95. The minimum absolute atomic E-state index is 0.649. The summed E-state index contributed by atoms with van der Waals surface area (Å²) in [6, 6.07) is 22.0. The lowest BCUT2D eigenvalue weighted by molar-refractivity contribution is 0.635. The molecule has 3 aromatic carbocycles. The predicted molar refractivity (Wildman–Crippen MR) is 110 cm³/mol. The zero-order valence-corrected chi connectivity index (χ0v) is 15.4. The van der Waals surface area contributed by atoms with Gasteiger partial charge in [-0.2, -0.15) is 0 Å². The Morgan fingerprint density at radius 3 is 2.46 bits per heavy atom. The third kappa shape index (κ3) is 3.26. The van der Waals surface area contributed by atoms with Crippen molar-refractivity contribution in [1.82, 2.24) is 0 Å². The van der Waals surface area contributed by atoms with E-state index in [4.69, 9.17) is 16.0 Å². The number of aryl methyl sites for hydroxylation is 2. The first kappa shape index (κ1) is 16.6. The quantitative estimate of drug-likeness (QED) is 0.403. The molecule has 3 nitrogen and oxygen atoms in total. The standard InChI is InChI=1S/C22H19ClN2O/c1-14-8-9-15(2)19(12-14)25-22-21(24-17-6-4-3-5-7-17)18-11-10-16(23)13-20(18)26-22/h3-13,24-25H,1-2H3. The molecule has 0 amide bonds. The first-order valence-electron chi connectivity index (χ1n) is 8.48. The summed E-state index contributed by atoms with van der Waals surface area (Å²) in [7, 11) is 0. The van der Waals surface area contributed by atoms with Crippen molar-refractivity contribution in [2.45, 2.75) is 13.8 Å². The van der Waals surface area contributed by atoms with Crippen molar-refractivity contribution < 1.29 is 4.42 Å². The molecule has 130 valence electrons. The molecule has 0 aliphatic rings. The highest BCUT2D eigenvalue weighted by molar-refractivity contribution is 6.31. The smallest absolute Gasteiger partial charge is 0.222 e. The van der Waals surface area contributed by atoms with Gasteiger partial charge in [-0.25, -0.2) is 0 Å². The summed E-state index contributed by atoms with van der Waals surface area (Å²) in [4.78, 5) is 0. The molecule has 4 aromatic rings. The van der Waals surface area contributed by atoms with Gasteiger partial charge in [0.25, 0.3) is 0 Å². The molecular weight excluding hydrogens is 344 g/mol. The molecule has 4 rings (SSSR count). The summed E-state index contributed by atoms with van der Waals surface area (Å²) in [5.41, 5.74) is 5.99. The molecule has 26 heavy (non-hydrogen) atoms. The fourth-order valence-electron chi connectivity index (χ4n) is 2.94. The highest BCUT2D eigenvalue weighted by atomic mass is 35.5. The van der Waals surface area contributed by atoms with Gasteiger partial charge in [-0.15, -0.1) is 0 Å². The van der Waals surface area contributed by atoms with Crippen molar-refractivity contribution in [2.24, 2.45) is 0 Å². The third-order valence-electron chi connectivity index (χ3n) is 4.34. The number of hydrogen-bond acceptors (Lipinski definition) is 3. The second-order valence-electron chi connectivity index (χ2n) is 6.38. The van der Waals surface area contributed by atoms with Gasteiger partial charge in [-0.05, 0) is 55.3 Å². The van der Waals surface area contributed by atoms with E-state index in [0.717, 1.165) is 33.6 Å². The largest absolute Gasteiger partial charge is 0.438 e. The Labute approximate surface area is 157 Å². The summed E-state index contributed by atoms with van der Waals surface area (Å²) >= 11 is 6.15. The maximum absolute atomic E-state index is 6.15. The van der Waals surface area contributed by atoms with Crippen molar-refractivity contribution >= 4 is 45.5 Å². The van der Waals surface area contributed by atoms with E-state index in [1.807, 2.05) is 48.5 Å². The topological polar surface area (TPSA) is 37.2 Å². The molecule has 0 radical (unpaired) electrons. The molecule has 0 spiro atoms. The van der Waals surface area contributed by atoms with E-state index in [1.54, 1.807) is 0 Å². The normalized spacial score (nSPS) is 10.9. The van der Waals surface area contributed by atoms with Gasteiger partial charge in [0.15, 0.2) is 0 Å². The van der Waals surface area contributed by atoms with Crippen LogP contribution < -0.4 is 10.6 Å². The summed E-state index contributed by atoms with van der Waals surface area (Å²) in [6.45, 7) is 4.15. The SMILES string of the molecule is Cc1ccc(C)c(Nc2oc3cc(Cl)ccc3c2Nc2ccccc2)c1. The Bertz CT molecular complexity index is 1070. The van der Waals surface area contributed by atoms with Crippen LogP contribution in [-0.4, -0.2) is 0 Å². The van der Waals surface area contributed by atoms with Crippen LogP contribution in [0.1, 0.15) is 11.1 Å². The first-order chi connectivity index (χ1) is 12.6. The molecule has 4 heteroatoms. The second-order valence-corrected chi connectivity index (χ2v) is 6.82. The highest BCUT2D eigenvalue weighted by Gasteiger charge is 2.16. The fourth-order valence-corrected chi connectivity index (χ4v) is 3.10. The van der Waals surface area contributed by atoms with E-state index in [0.29, 0.717) is 10.9 Å². The van der Waals surface area contributed by atoms with Gasteiger partial charge >= 0.3 is 0 Å². The van der Waals surface area contributed by atoms with E-state index in [1.165, 1.54) is 5.56 Å². The minimum atomic E-state index is 0.649. The van der Waals surface area contributed by atoms with Crippen LogP contribution in [0.2, 0.25) is 5.02 Å². The molecule has 0 aliphatic heterocycles. The molecule has 0 bridgehead atoms. The van der Waals surface area contributed by atoms with Crippen LogP contribution in [0.3, 0.4) is 0 Å². The maximum atomic E-state index is 6.15. The number of nitrogens with one attached hydrogen (secondary N) is 2. The van der Waals surface area contributed by atoms with E-state index >= 15 is 0 Å². The summed E-state index contributed by atoms with van der Waals surface area (Å²) in [5.74, 6) is 0.666. The van der Waals surface area contributed by atoms with Gasteiger partial charge < -0.3 is 15.1 Å². The zero-order valence-electron chi connectivity index (χ0n) is 14.6. The number of anilines is 4. The average molecular weight is 363 g/mol. The summed E-state index contributed by atoms with van der Waals surface area (Å²) < 4.78 is 6.09. The van der Waals surface area contributed by atoms with Gasteiger partial charge in [0.2, 0.25) is 5.88 Å². The number of rotatable bonds is 4. The third-order valence-corrected chi connectivity index (χ3v) is 4.57. The predicted octanol–water partition coefficient (Wildman–Crippen LogP) is 7.19. The van der Waals surface area contributed by atoms with Crippen LogP contribution >= 0.6 is 11.6 Å². The molecule has 0 aliphatic carbocycles. The van der Waals surface area contributed by atoms with Crippen molar-refractivity contribution in [3.05, 3.63) is 82.9 Å². The summed E-state index contributed by atoms with van der Waals surface area (Å²) in [5, 5.41) is 8.54. The molecule has 0 unspecified atom stereocenters. The van der Waals surface area contributed by atoms with Crippen LogP contribution in [0.4, 0.5) is 22.9 Å². The lowest BCUT2D eigenvalue weighted by Gasteiger charge is -2.11. The lowest BCUT2D eigenvalue weighted by atomic mass is 10.1. The van der Waals surface area contributed by atoms with Crippen molar-refractivity contribution in [3.8, 4) is 0 Å². The maximum Gasteiger partial charge on any atom is 0.222 e. The molecule has 0 atom stereocenters. The van der Waals surface area contributed by atoms with E-state index < -0.39 is 0 Å². The van der Waals surface area contributed by atoms with Crippen LogP contribution in [0.15, 0.2) is 71.1 Å². The molecule has 0 fully saturated rings. The molecular formula is C22H19ClN2O. The van der Waals surface area contributed by atoms with Gasteiger partial charge in [-0.3, -0.25) is 0 Å². The van der Waals surface area contributed by atoms with Crippen LogP contribution in [-0.2, 0) is 0 Å². The number of halogens is 1. The van der Waals surface area contributed by atoms with Crippen molar-refractivity contribution in [2.75, 3.05) is 10.6 Å². The van der Waals surface area contributed by atoms with Gasteiger partial charge in [0.1, 0.15) is 11.3 Å².